The van der Waals surface area contributed by atoms with Crippen molar-refractivity contribution in [3.05, 3.63) is 58.2 Å². The Hall–Kier alpha value is -2.66. The van der Waals surface area contributed by atoms with E-state index < -0.39 is 6.10 Å². The minimum absolute atomic E-state index is 0.0408. The molecule has 5 heteroatoms. The van der Waals surface area contributed by atoms with Crippen LogP contribution in [0.2, 0.25) is 0 Å². The molecule has 0 amide bonds. The number of carbonyl (C=O) groups is 2. The van der Waals surface area contributed by atoms with Gasteiger partial charge in [-0.1, -0.05) is 29.7 Å². The second kappa shape index (κ2) is 13.8. The predicted molar refractivity (Wildman–Crippen MR) is 134 cm³/mol. The molecule has 0 aliphatic carbocycles. The summed E-state index contributed by atoms with van der Waals surface area (Å²) in [5, 5.41) is 20.4. The van der Waals surface area contributed by atoms with E-state index in [9.17, 15) is 19.8 Å². The number of allylic oxidation sites excluding steroid dienone is 5. The van der Waals surface area contributed by atoms with Crippen molar-refractivity contribution < 1.29 is 24.5 Å². The zero-order valence-electron chi connectivity index (χ0n) is 21.2. The highest BCUT2D eigenvalue weighted by Crippen LogP contribution is 2.28. The highest BCUT2D eigenvalue weighted by atomic mass is 16.5. The van der Waals surface area contributed by atoms with E-state index in [-0.39, 0.29) is 23.2 Å². The van der Waals surface area contributed by atoms with E-state index >= 15 is 0 Å². The molecule has 1 aromatic carbocycles. The highest BCUT2D eigenvalue weighted by molar-refractivity contribution is 5.94. The summed E-state index contributed by atoms with van der Waals surface area (Å²) < 4.78 is 5.27. The molecule has 5 nitrogen and oxygen atoms in total. The predicted octanol–water partition coefficient (Wildman–Crippen LogP) is 5.81. The number of phenolic OH excluding ortho intramolecular Hbond substituents is 1. The number of aliphatic hydroxyl groups is 1. The summed E-state index contributed by atoms with van der Waals surface area (Å²) in [5.74, 6) is 0.620. The van der Waals surface area contributed by atoms with E-state index in [0.717, 1.165) is 40.7 Å². The minimum atomic E-state index is -0.980. The third-order valence-electron chi connectivity index (χ3n) is 5.61. The first-order valence-electron chi connectivity index (χ1n) is 11.5. The van der Waals surface area contributed by atoms with Gasteiger partial charge in [-0.2, -0.15) is 0 Å². The molecule has 0 radical (unpaired) electrons. The minimum Gasteiger partial charge on any atom is -0.507 e. The van der Waals surface area contributed by atoms with Crippen LogP contribution in [0.15, 0.2) is 47.1 Å². The Labute approximate surface area is 198 Å². The number of benzene rings is 1. The molecule has 33 heavy (non-hydrogen) atoms. The van der Waals surface area contributed by atoms with Crippen LogP contribution in [0, 0.1) is 12.8 Å². The van der Waals surface area contributed by atoms with Crippen molar-refractivity contribution in [3.63, 3.8) is 0 Å². The third kappa shape index (κ3) is 10.2. The van der Waals surface area contributed by atoms with Crippen LogP contribution in [0.5, 0.6) is 11.5 Å². The summed E-state index contributed by atoms with van der Waals surface area (Å²) in [4.78, 5) is 24.4. The van der Waals surface area contributed by atoms with E-state index in [1.54, 1.807) is 19.3 Å². The van der Waals surface area contributed by atoms with Crippen LogP contribution < -0.4 is 4.74 Å². The average molecular weight is 457 g/mol. The topological polar surface area (TPSA) is 83.8 Å². The smallest absolute Gasteiger partial charge is 0.184 e. The Balaban J connectivity index is 2.56. The quantitative estimate of drug-likeness (QED) is 0.289. The standard InChI is InChI=1S/C28H40O5/c1-18(2)13-26(30)28(32)21(5)10-8-9-19(3)14-24(29)15-20(4)11-12-23-17-25(33-7)16-22(6)27(23)31/h11,13-14,16-17,21,28,31-32H,8-10,12,15H2,1-7H3. The SMILES string of the molecule is COc1cc(C)c(O)c(CC=C(C)CC(=O)C=C(C)CCCC(C)C(O)C(=O)C=C(C)C)c1. The van der Waals surface area contributed by atoms with Crippen LogP contribution >= 0.6 is 0 Å². The van der Waals surface area contributed by atoms with Crippen molar-refractivity contribution in [2.75, 3.05) is 7.11 Å². The van der Waals surface area contributed by atoms with Gasteiger partial charge in [-0.15, -0.1) is 0 Å². The van der Waals surface area contributed by atoms with E-state index in [4.69, 9.17) is 4.74 Å². The maximum Gasteiger partial charge on any atom is 0.184 e. The number of methoxy groups -OCH3 is 1. The molecule has 0 aliphatic heterocycles. The molecule has 1 rings (SSSR count). The Bertz CT molecular complexity index is 916. The zero-order valence-corrected chi connectivity index (χ0v) is 21.2. The summed E-state index contributed by atoms with van der Waals surface area (Å²) >= 11 is 0. The first-order valence-corrected chi connectivity index (χ1v) is 11.5. The van der Waals surface area contributed by atoms with Gasteiger partial charge in [0, 0.05) is 12.0 Å². The van der Waals surface area contributed by atoms with Crippen LogP contribution in [-0.2, 0) is 16.0 Å². The maximum atomic E-state index is 12.4. The number of aryl methyl sites for hydroxylation is 1. The largest absolute Gasteiger partial charge is 0.507 e. The van der Waals surface area contributed by atoms with Gasteiger partial charge >= 0.3 is 0 Å². The van der Waals surface area contributed by atoms with Crippen LogP contribution in [0.4, 0.5) is 0 Å². The third-order valence-corrected chi connectivity index (χ3v) is 5.61. The molecule has 1 aromatic rings. The van der Waals surface area contributed by atoms with Crippen molar-refractivity contribution in [1.82, 2.24) is 0 Å². The van der Waals surface area contributed by atoms with E-state index in [2.05, 4.69) is 0 Å². The molecule has 2 atom stereocenters. The van der Waals surface area contributed by atoms with Gasteiger partial charge in [-0.3, -0.25) is 9.59 Å². The summed E-state index contributed by atoms with van der Waals surface area (Å²) in [6.45, 7) is 11.2. The van der Waals surface area contributed by atoms with Crippen molar-refractivity contribution in [1.29, 1.82) is 0 Å². The lowest BCUT2D eigenvalue weighted by molar-refractivity contribution is -0.124. The van der Waals surface area contributed by atoms with Gasteiger partial charge in [0.25, 0.3) is 0 Å². The molecule has 0 spiro atoms. The van der Waals surface area contributed by atoms with Gasteiger partial charge < -0.3 is 14.9 Å². The van der Waals surface area contributed by atoms with Crippen molar-refractivity contribution >= 4 is 11.6 Å². The Morgan fingerprint density at radius 3 is 2.36 bits per heavy atom. The number of rotatable bonds is 13. The summed E-state index contributed by atoms with van der Waals surface area (Å²) in [5.41, 5.74) is 4.34. The van der Waals surface area contributed by atoms with Gasteiger partial charge in [0.15, 0.2) is 11.6 Å². The van der Waals surface area contributed by atoms with Gasteiger partial charge in [-0.25, -0.2) is 0 Å². The van der Waals surface area contributed by atoms with E-state index in [1.165, 1.54) is 6.08 Å². The highest BCUT2D eigenvalue weighted by Gasteiger charge is 2.20. The molecule has 0 saturated heterocycles. The number of aliphatic hydroxyl groups excluding tert-OH is 1. The van der Waals surface area contributed by atoms with Crippen LogP contribution in [0.1, 0.15) is 71.4 Å². The number of ether oxygens (including phenoxy) is 1. The Kier molecular flexibility index (Phi) is 11.9. The van der Waals surface area contributed by atoms with Crippen molar-refractivity contribution in [2.45, 2.75) is 79.8 Å². The fourth-order valence-electron chi connectivity index (χ4n) is 3.63. The van der Waals surface area contributed by atoms with Gasteiger partial charge in [-0.05, 0) is 96.1 Å². The molecule has 0 heterocycles. The molecule has 0 aliphatic rings. The molecule has 0 aromatic heterocycles. The molecule has 2 unspecified atom stereocenters. The summed E-state index contributed by atoms with van der Waals surface area (Å²) in [6.07, 6.45) is 7.26. The lowest BCUT2D eigenvalue weighted by Gasteiger charge is -2.16. The molecule has 0 saturated carbocycles. The normalized spacial score (nSPS) is 13.9. The van der Waals surface area contributed by atoms with Gasteiger partial charge in [0.2, 0.25) is 0 Å². The molecule has 0 fully saturated rings. The first kappa shape index (κ1) is 28.4. The fourth-order valence-corrected chi connectivity index (χ4v) is 3.63. The van der Waals surface area contributed by atoms with Crippen LogP contribution in [0.3, 0.4) is 0 Å². The first-order chi connectivity index (χ1) is 15.4. The Morgan fingerprint density at radius 1 is 1.09 bits per heavy atom. The number of carbonyl (C=O) groups excluding carboxylic acids is 2. The number of hydrogen-bond donors (Lipinski definition) is 2. The van der Waals surface area contributed by atoms with E-state index in [1.807, 2.05) is 53.7 Å². The number of hydrogen-bond acceptors (Lipinski definition) is 5. The molecule has 2 N–H and O–H groups in total. The molecule has 0 bridgehead atoms. The molecular weight excluding hydrogens is 416 g/mol. The van der Waals surface area contributed by atoms with E-state index in [0.29, 0.717) is 25.0 Å². The number of aromatic hydroxyl groups is 1. The monoisotopic (exact) mass is 456 g/mol. The second-order valence-corrected chi connectivity index (χ2v) is 9.28. The van der Waals surface area contributed by atoms with Gasteiger partial charge in [0.1, 0.15) is 17.6 Å². The van der Waals surface area contributed by atoms with Crippen LogP contribution in [0.25, 0.3) is 0 Å². The summed E-state index contributed by atoms with van der Waals surface area (Å²) in [7, 11) is 1.59. The number of ketones is 2. The second-order valence-electron chi connectivity index (χ2n) is 9.28. The maximum absolute atomic E-state index is 12.4. The molecular formula is C28H40O5. The van der Waals surface area contributed by atoms with Crippen molar-refractivity contribution in [2.24, 2.45) is 5.92 Å². The lowest BCUT2D eigenvalue weighted by Crippen LogP contribution is -2.26. The Morgan fingerprint density at radius 2 is 1.76 bits per heavy atom. The number of phenols is 1. The fraction of sp³-hybridized carbons (Fsp3) is 0.500. The van der Waals surface area contributed by atoms with Crippen molar-refractivity contribution in [3.8, 4) is 11.5 Å². The molecule has 182 valence electrons. The lowest BCUT2D eigenvalue weighted by atomic mass is 9.93. The summed E-state index contributed by atoms with van der Waals surface area (Å²) in [6, 6.07) is 3.60. The van der Waals surface area contributed by atoms with Crippen LogP contribution in [-0.4, -0.2) is 35.0 Å². The van der Waals surface area contributed by atoms with Gasteiger partial charge in [0.05, 0.1) is 7.11 Å². The zero-order chi connectivity index (χ0) is 25.1. The average Bonchev–Trinajstić information content (AvgIpc) is 2.73.